The van der Waals surface area contributed by atoms with E-state index in [1.807, 2.05) is 0 Å². The first-order valence-electron chi connectivity index (χ1n) is 6.33. The van der Waals surface area contributed by atoms with E-state index in [1.54, 1.807) is 39.2 Å². The Morgan fingerprint density at radius 1 is 1.26 bits per heavy atom. The summed E-state index contributed by atoms with van der Waals surface area (Å²) in [6.45, 7) is 6.45. The fourth-order valence-electron chi connectivity index (χ4n) is 1.93. The zero-order valence-electron chi connectivity index (χ0n) is 11.5. The van der Waals surface area contributed by atoms with Gasteiger partial charge in [0.1, 0.15) is 5.60 Å². The van der Waals surface area contributed by atoms with Gasteiger partial charge < -0.3 is 9.72 Å². The zero-order chi connectivity index (χ0) is 14.0. The van der Waals surface area contributed by atoms with Gasteiger partial charge in [0.25, 0.3) is 5.91 Å². The Morgan fingerprint density at radius 3 is 2.53 bits per heavy atom. The lowest BCUT2D eigenvalue weighted by atomic mass is 10.2. The van der Waals surface area contributed by atoms with Crippen molar-refractivity contribution in [1.82, 2.24) is 15.0 Å². The molecule has 6 heteroatoms. The Hall–Kier alpha value is -1.98. The van der Waals surface area contributed by atoms with Gasteiger partial charge in [0, 0.05) is 25.5 Å². The summed E-state index contributed by atoms with van der Waals surface area (Å²) in [7, 11) is 0. The van der Waals surface area contributed by atoms with Crippen LogP contribution in [-0.2, 0) is 4.74 Å². The predicted octanol–water partition coefficient (Wildman–Crippen LogP) is 2.01. The van der Waals surface area contributed by atoms with E-state index in [2.05, 4.69) is 4.98 Å². The molecule has 1 aromatic rings. The van der Waals surface area contributed by atoms with Crippen molar-refractivity contribution < 1.29 is 14.3 Å². The molecular formula is C13H19N3O3. The molecule has 1 saturated heterocycles. The SMILES string of the molecule is CC(C)(C)OC(=O)N1CCCN1C(=O)c1cc[nH]c1. The van der Waals surface area contributed by atoms with Crippen molar-refractivity contribution in [3.63, 3.8) is 0 Å². The molecule has 0 spiro atoms. The maximum atomic E-state index is 12.2. The Balaban J connectivity index is 2.09. The fraction of sp³-hybridized carbons (Fsp3) is 0.538. The van der Waals surface area contributed by atoms with Crippen molar-refractivity contribution in [3.8, 4) is 0 Å². The quantitative estimate of drug-likeness (QED) is 0.844. The summed E-state index contributed by atoms with van der Waals surface area (Å²) < 4.78 is 5.30. The molecule has 1 N–H and O–H groups in total. The van der Waals surface area contributed by atoms with Gasteiger partial charge in [0.05, 0.1) is 5.56 Å². The first-order valence-corrected chi connectivity index (χ1v) is 6.33. The minimum absolute atomic E-state index is 0.190. The normalized spacial score (nSPS) is 15.7. The Labute approximate surface area is 112 Å². The number of nitrogens with zero attached hydrogens (tertiary/aromatic N) is 2. The molecule has 2 rings (SSSR count). The van der Waals surface area contributed by atoms with Crippen molar-refractivity contribution >= 4 is 12.0 Å². The van der Waals surface area contributed by atoms with Crippen LogP contribution in [0.3, 0.4) is 0 Å². The molecule has 0 unspecified atom stereocenters. The molecule has 6 nitrogen and oxygen atoms in total. The molecule has 1 aromatic heterocycles. The van der Waals surface area contributed by atoms with Gasteiger partial charge in [-0.25, -0.2) is 14.8 Å². The average molecular weight is 265 g/mol. The van der Waals surface area contributed by atoms with Crippen molar-refractivity contribution in [1.29, 1.82) is 0 Å². The standard InChI is InChI=1S/C13H19N3O3/c1-13(2,3)19-12(18)16-8-4-7-15(16)11(17)10-5-6-14-9-10/h5-6,9,14H,4,7-8H2,1-3H3. The number of hydrazine groups is 1. The molecule has 1 aliphatic rings. The van der Waals surface area contributed by atoms with Crippen molar-refractivity contribution in [3.05, 3.63) is 24.0 Å². The van der Waals surface area contributed by atoms with Crippen molar-refractivity contribution in [2.24, 2.45) is 0 Å². The third kappa shape index (κ3) is 3.07. The third-order valence-corrected chi connectivity index (χ3v) is 2.71. The van der Waals surface area contributed by atoms with E-state index in [9.17, 15) is 9.59 Å². The molecule has 104 valence electrons. The summed E-state index contributed by atoms with van der Waals surface area (Å²) in [5.41, 5.74) is -0.0295. The average Bonchev–Trinajstić information content (AvgIpc) is 2.97. The number of amides is 2. The maximum absolute atomic E-state index is 12.2. The van der Waals surface area contributed by atoms with E-state index in [0.717, 1.165) is 6.42 Å². The number of aromatic amines is 1. The molecule has 0 radical (unpaired) electrons. The number of hydrogen-bond donors (Lipinski definition) is 1. The van der Waals surface area contributed by atoms with E-state index in [4.69, 9.17) is 4.74 Å². The Bertz CT molecular complexity index is 462. The number of aromatic nitrogens is 1. The number of carbonyl (C=O) groups is 2. The minimum Gasteiger partial charge on any atom is -0.442 e. The van der Waals surface area contributed by atoms with Crippen LogP contribution in [0.15, 0.2) is 18.5 Å². The molecule has 0 aliphatic carbocycles. The van der Waals surface area contributed by atoms with E-state index in [0.29, 0.717) is 18.7 Å². The van der Waals surface area contributed by atoms with Gasteiger partial charge in [-0.05, 0) is 33.3 Å². The highest BCUT2D eigenvalue weighted by Gasteiger charge is 2.34. The third-order valence-electron chi connectivity index (χ3n) is 2.71. The lowest BCUT2D eigenvalue weighted by Gasteiger charge is -2.30. The number of rotatable bonds is 1. The molecule has 0 aromatic carbocycles. The topological polar surface area (TPSA) is 65.6 Å². The molecule has 0 saturated carbocycles. The number of nitrogens with one attached hydrogen (secondary N) is 1. The van der Waals surface area contributed by atoms with Gasteiger partial charge in [-0.1, -0.05) is 0 Å². The lowest BCUT2D eigenvalue weighted by molar-refractivity contribution is -0.0193. The number of ether oxygens (including phenoxy) is 1. The van der Waals surface area contributed by atoms with Gasteiger partial charge in [-0.15, -0.1) is 0 Å². The zero-order valence-corrected chi connectivity index (χ0v) is 11.5. The summed E-state index contributed by atoms with van der Waals surface area (Å²) in [4.78, 5) is 27.1. The Kier molecular flexibility index (Phi) is 3.50. The molecule has 0 atom stereocenters. The van der Waals surface area contributed by atoms with E-state index >= 15 is 0 Å². The molecule has 0 bridgehead atoms. The minimum atomic E-state index is -0.567. The van der Waals surface area contributed by atoms with Gasteiger partial charge >= 0.3 is 6.09 Å². The van der Waals surface area contributed by atoms with Crippen molar-refractivity contribution in [2.75, 3.05) is 13.1 Å². The number of H-pyrrole nitrogens is 1. The summed E-state index contributed by atoms with van der Waals surface area (Å²) in [6.07, 6.45) is 3.58. The molecular weight excluding hydrogens is 246 g/mol. The van der Waals surface area contributed by atoms with Crippen LogP contribution in [0.1, 0.15) is 37.6 Å². The van der Waals surface area contributed by atoms with Gasteiger partial charge in [0.2, 0.25) is 0 Å². The highest BCUT2D eigenvalue weighted by molar-refractivity contribution is 5.95. The molecule has 1 aliphatic heterocycles. The number of carbonyl (C=O) groups excluding carboxylic acids is 2. The monoisotopic (exact) mass is 265 g/mol. The second kappa shape index (κ2) is 4.95. The van der Waals surface area contributed by atoms with Gasteiger partial charge in [-0.2, -0.15) is 0 Å². The van der Waals surface area contributed by atoms with E-state index in [-0.39, 0.29) is 5.91 Å². The highest BCUT2D eigenvalue weighted by Crippen LogP contribution is 2.18. The van der Waals surface area contributed by atoms with E-state index < -0.39 is 11.7 Å². The second-order valence-electron chi connectivity index (χ2n) is 5.49. The predicted molar refractivity (Wildman–Crippen MR) is 69.4 cm³/mol. The molecule has 19 heavy (non-hydrogen) atoms. The fourth-order valence-corrected chi connectivity index (χ4v) is 1.93. The van der Waals surface area contributed by atoms with Crippen LogP contribution in [0, 0.1) is 0 Å². The van der Waals surface area contributed by atoms with Gasteiger partial charge in [0.15, 0.2) is 0 Å². The van der Waals surface area contributed by atoms with Crippen LogP contribution in [0.25, 0.3) is 0 Å². The lowest BCUT2D eigenvalue weighted by Crippen LogP contribution is -2.46. The van der Waals surface area contributed by atoms with Crippen LogP contribution in [0.5, 0.6) is 0 Å². The molecule has 2 heterocycles. The highest BCUT2D eigenvalue weighted by atomic mass is 16.6. The second-order valence-corrected chi connectivity index (χ2v) is 5.49. The summed E-state index contributed by atoms with van der Waals surface area (Å²) in [5.74, 6) is -0.190. The first kappa shape index (κ1) is 13.5. The molecule has 1 fully saturated rings. The van der Waals surface area contributed by atoms with Crippen LogP contribution in [-0.4, -0.2) is 45.7 Å². The maximum Gasteiger partial charge on any atom is 0.429 e. The smallest absolute Gasteiger partial charge is 0.429 e. The summed E-state index contributed by atoms with van der Waals surface area (Å²) in [5, 5.41) is 2.82. The van der Waals surface area contributed by atoms with Crippen LogP contribution in [0.4, 0.5) is 4.79 Å². The largest absolute Gasteiger partial charge is 0.442 e. The molecule has 2 amide bonds. The van der Waals surface area contributed by atoms with E-state index in [1.165, 1.54) is 10.0 Å². The Morgan fingerprint density at radius 2 is 1.95 bits per heavy atom. The summed E-state index contributed by atoms with van der Waals surface area (Å²) >= 11 is 0. The van der Waals surface area contributed by atoms with Crippen LogP contribution >= 0.6 is 0 Å². The van der Waals surface area contributed by atoms with Crippen LogP contribution < -0.4 is 0 Å². The first-order chi connectivity index (χ1) is 8.88. The van der Waals surface area contributed by atoms with Gasteiger partial charge in [-0.3, -0.25) is 4.79 Å². The van der Waals surface area contributed by atoms with Crippen LogP contribution in [0.2, 0.25) is 0 Å². The summed E-state index contributed by atoms with van der Waals surface area (Å²) in [6, 6.07) is 1.69. The van der Waals surface area contributed by atoms with Crippen molar-refractivity contribution in [2.45, 2.75) is 32.8 Å². The number of hydrogen-bond acceptors (Lipinski definition) is 3.